The van der Waals surface area contributed by atoms with E-state index in [1.165, 1.54) is 6.08 Å². The fraction of sp³-hybridized carbons (Fsp3) is 0.385. The van der Waals surface area contributed by atoms with Crippen molar-refractivity contribution in [2.75, 3.05) is 11.9 Å². The van der Waals surface area contributed by atoms with Gasteiger partial charge in [-0.05, 0) is 0 Å². The van der Waals surface area contributed by atoms with Crippen LogP contribution < -0.4 is 11.0 Å². The van der Waals surface area contributed by atoms with E-state index in [0.29, 0.717) is 10.8 Å². The van der Waals surface area contributed by atoms with Crippen molar-refractivity contribution < 1.29 is 38.8 Å². The first-order valence-electron chi connectivity index (χ1n) is 6.84. The molecule has 0 saturated carbocycles. The van der Waals surface area contributed by atoms with Gasteiger partial charge in [-0.15, -0.1) is 0 Å². The fourth-order valence-electron chi connectivity index (χ4n) is 2.08. The normalized spacial score (nSPS) is 25.4. The van der Waals surface area contributed by atoms with Gasteiger partial charge in [-0.1, -0.05) is 12.7 Å². The van der Waals surface area contributed by atoms with Gasteiger partial charge in [0, 0.05) is 0 Å². The zero-order valence-corrected chi connectivity index (χ0v) is 12.5. The van der Waals surface area contributed by atoms with Crippen LogP contribution in [0.25, 0.3) is 0 Å². The number of carbonyl (C=O) groups excluding carboxylic acids is 1. The Hall–Kier alpha value is -2.83. The highest BCUT2D eigenvalue weighted by Crippen LogP contribution is 2.28. The molecule has 11 nitrogen and oxygen atoms in total. The van der Waals surface area contributed by atoms with Gasteiger partial charge in [-0.3, -0.25) is 9.88 Å². The number of anilines is 1. The highest BCUT2D eigenvalue weighted by molar-refractivity contribution is 5.83. The number of ether oxygens (including phenoxy) is 2. The van der Waals surface area contributed by atoms with Crippen molar-refractivity contribution in [3.63, 3.8) is 0 Å². The Morgan fingerprint density at radius 3 is 2.72 bits per heavy atom. The molecule has 0 aromatic carbocycles. The second kappa shape index (κ2) is 7.38. The second-order valence-corrected chi connectivity index (χ2v) is 4.91. The Labute approximate surface area is 138 Å². The highest BCUT2D eigenvalue weighted by atomic mass is 19.1. The number of nitrogens with one attached hydrogen (secondary N) is 1. The molecule has 1 amide bonds. The minimum absolute atomic E-state index is 0.152. The monoisotopic (exact) mass is 359 g/mol. The van der Waals surface area contributed by atoms with Crippen LogP contribution in [-0.4, -0.2) is 61.9 Å². The molecular weight excluding hydrogens is 345 g/mol. The third-order valence-corrected chi connectivity index (χ3v) is 3.22. The molecule has 2 rings (SSSR count). The number of rotatable bonds is 5. The number of carboxylic acid groups (broad SMARTS) is 1. The van der Waals surface area contributed by atoms with Gasteiger partial charge in [-0.25, -0.2) is 18.8 Å². The number of aliphatic carboxylic acids is 1. The van der Waals surface area contributed by atoms with E-state index in [4.69, 9.17) is 9.84 Å². The van der Waals surface area contributed by atoms with E-state index in [0.717, 1.165) is 0 Å². The van der Waals surface area contributed by atoms with Gasteiger partial charge in [0.15, 0.2) is 24.0 Å². The first kappa shape index (κ1) is 18.5. The number of aliphatic hydroxyl groups excluding tert-OH is 2. The van der Waals surface area contributed by atoms with Crippen LogP contribution in [0.1, 0.15) is 6.23 Å². The van der Waals surface area contributed by atoms with E-state index >= 15 is 0 Å². The molecule has 0 bridgehead atoms. The number of carboxylic acids is 1. The topological polar surface area (TPSA) is 160 Å². The Bertz CT molecular complexity index is 751. The molecule has 1 aliphatic heterocycles. The predicted octanol–water partition coefficient (Wildman–Crippen LogP) is -1.18. The predicted molar refractivity (Wildman–Crippen MR) is 77.2 cm³/mol. The van der Waals surface area contributed by atoms with Crippen LogP contribution in [0, 0.1) is 5.82 Å². The Morgan fingerprint density at radius 1 is 1.48 bits per heavy atom. The summed E-state index contributed by atoms with van der Waals surface area (Å²) in [5, 5.41) is 30.2. The van der Waals surface area contributed by atoms with Crippen molar-refractivity contribution in [1.82, 2.24) is 9.55 Å². The van der Waals surface area contributed by atoms with E-state index in [1.807, 2.05) is 5.32 Å². The van der Waals surface area contributed by atoms with Gasteiger partial charge in [0.1, 0.15) is 18.8 Å². The van der Waals surface area contributed by atoms with Gasteiger partial charge in [0.05, 0.1) is 6.20 Å². The maximum absolute atomic E-state index is 14.0. The Morgan fingerprint density at radius 2 is 2.16 bits per heavy atom. The SMILES string of the molecule is C=CCOC(=O)Nc1nc(=O)n(C2OC(C(=O)O)C(O)C2O)cc1F. The highest BCUT2D eigenvalue weighted by Gasteiger charge is 2.48. The lowest BCUT2D eigenvalue weighted by Gasteiger charge is -2.17. The number of hydrogen-bond donors (Lipinski definition) is 4. The lowest BCUT2D eigenvalue weighted by molar-refractivity contribution is -0.155. The largest absolute Gasteiger partial charge is 0.479 e. The average Bonchev–Trinajstić information content (AvgIpc) is 2.84. The summed E-state index contributed by atoms with van der Waals surface area (Å²) in [4.78, 5) is 37.5. The molecular formula is C13H14FN3O8. The summed E-state index contributed by atoms with van der Waals surface area (Å²) >= 11 is 0. The molecule has 0 aliphatic carbocycles. The molecule has 1 aromatic heterocycles. The van der Waals surface area contributed by atoms with Crippen molar-refractivity contribution in [3.05, 3.63) is 35.2 Å². The van der Waals surface area contributed by atoms with Crippen molar-refractivity contribution >= 4 is 17.9 Å². The number of carbonyl (C=O) groups is 2. The summed E-state index contributed by atoms with van der Waals surface area (Å²) < 4.78 is 23.9. The third kappa shape index (κ3) is 3.81. The van der Waals surface area contributed by atoms with Crippen molar-refractivity contribution in [2.24, 2.45) is 0 Å². The second-order valence-electron chi connectivity index (χ2n) is 4.91. The molecule has 4 unspecified atom stereocenters. The third-order valence-electron chi connectivity index (χ3n) is 3.22. The molecule has 4 atom stereocenters. The van der Waals surface area contributed by atoms with Gasteiger partial charge >= 0.3 is 17.8 Å². The molecule has 1 aliphatic rings. The van der Waals surface area contributed by atoms with Crippen LogP contribution >= 0.6 is 0 Å². The van der Waals surface area contributed by atoms with E-state index in [2.05, 4.69) is 16.3 Å². The van der Waals surface area contributed by atoms with Crippen LogP contribution in [0.15, 0.2) is 23.6 Å². The van der Waals surface area contributed by atoms with Crippen molar-refractivity contribution in [1.29, 1.82) is 0 Å². The average molecular weight is 359 g/mol. The minimum Gasteiger partial charge on any atom is -0.479 e. The van der Waals surface area contributed by atoms with Crippen molar-refractivity contribution in [2.45, 2.75) is 24.5 Å². The zero-order chi connectivity index (χ0) is 18.7. The Kier molecular flexibility index (Phi) is 5.46. The number of hydrogen-bond acceptors (Lipinski definition) is 8. The van der Waals surface area contributed by atoms with E-state index < -0.39 is 53.9 Å². The molecule has 4 N–H and O–H groups in total. The van der Waals surface area contributed by atoms with Gasteiger partial charge < -0.3 is 24.8 Å². The van der Waals surface area contributed by atoms with Crippen LogP contribution in [0.2, 0.25) is 0 Å². The maximum atomic E-state index is 14.0. The summed E-state index contributed by atoms with van der Waals surface area (Å²) in [6.07, 6.45) is -6.38. The lowest BCUT2D eigenvalue weighted by Crippen LogP contribution is -2.37. The zero-order valence-electron chi connectivity index (χ0n) is 12.5. The maximum Gasteiger partial charge on any atom is 0.413 e. The molecule has 12 heteroatoms. The smallest absolute Gasteiger partial charge is 0.413 e. The summed E-state index contributed by atoms with van der Waals surface area (Å²) in [7, 11) is 0. The summed E-state index contributed by atoms with van der Waals surface area (Å²) in [6.45, 7) is 3.16. The van der Waals surface area contributed by atoms with Crippen molar-refractivity contribution in [3.8, 4) is 0 Å². The number of halogens is 1. The van der Waals surface area contributed by atoms with Crippen LogP contribution in [0.5, 0.6) is 0 Å². The number of amides is 1. The number of aromatic nitrogens is 2. The van der Waals surface area contributed by atoms with Crippen LogP contribution in [-0.2, 0) is 14.3 Å². The van der Waals surface area contributed by atoms with E-state index in [9.17, 15) is 29.0 Å². The molecule has 0 radical (unpaired) electrons. The first-order valence-corrected chi connectivity index (χ1v) is 6.84. The van der Waals surface area contributed by atoms with Gasteiger partial charge in [-0.2, -0.15) is 4.98 Å². The van der Waals surface area contributed by atoms with Crippen LogP contribution in [0.3, 0.4) is 0 Å². The van der Waals surface area contributed by atoms with Crippen LogP contribution in [0.4, 0.5) is 15.0 Å². The quantitative estimate of drug-likeness (QED) is 0.474. The van der Waals surface area contributed by atoms with E-state index in [-0.39, 0.29) is 6.61 Å². The summed E-state index contributed by atoms with van der Waals surface area (Å²) in [5.41, 5.74) is -1.16. The van der Waals surface area contributed by atoms with Gasteiger partial charge in [0.25, 0.3) is 0 Å². The number of aliphatic hydroxyl groups is 2. The molecule has 25 heavy (non-hydrogen) atoms. The minimum atomic E-state index is -1.83. The fourth-order valence-corrected chi connectivity index (χ4v) is 2.08. The standard InChI is InChI=1S/C13H14FN3O8/c1-2-3-24-13(23)16-9-5(14)4-17(12(22)15-9)10-7(19)6(18)8(25-10)11(20)21/h2,4,6-8,10,18-19H,1,3H2,(H,20,21)(H,15,16,22,23). The summed E-state index contributed by atoms with van der Waals surface area (Å²) in [5.74, 6) is -3.49. The Balaban J connectivity index is 2.25. The molecule has 1 saturated heterocycles. The molecule has 136 valence electrons. The molecule has 2 heterocycles. The molecule has 1 fully saturated rings. The molecule has 0 spiro atoms. The lowest BCUT2D eigenvalue weighted by atomic mass is 10.1. The van der Waals surface area contributed by atoms with Gasteiger partial charge in [0.2, 0.25) is 0 Å². The molecule has 1 aromatic rings. The van der Waals surface area contributed by atoms with E-state index in [1.54, 1.807) is 0 Å². The first-order chi connectivity index (χ1) is 11.8. The number of nitrogens with zero attached hydrogens (tertiary/aromatic N) is 2. The summed E-state index contributed by atoms with van der Waals surface area (Å²) in [6, 6.07) is 0.